The first-order valence-corrected chi connectivity index (χ1v) is 5.81. The highest BCUT2D eigenvalue weighted by Crippen LogP contribution is 1.96. The van der Waals surface area contributed by atoms with Crippen LogP contribution in [0.3, 0.4) is 0 Å². The zero-order valence-electron chi connectivity index (χ0n) is 10.6. The molecular weight excluding hydrogens is 238 g/mol. The number of hydrogen-bond acceptors (Lipinski definition) is 6. The zero-order valence-corrected chi connectivity index (χ0v) is 10.6. The molecule has 0 aliphatic carbocycles. The molecule has 8 heteroatoms. The second-order valence-electron chi connectivity index (χ2n) is 3.63. The van der Waals surface area contributed by atoms with Crippen LogP contribution in [0.4, 0.5) is 0 Å². The Bertz CT molecular complexity index is 379. The molecule has 0 saturated heterocycles. The first-order chi connectivity index (χ1) is 8.67. The Labute approximate surface area is 105 Å². The molecule has 1 aromatic rings. The van der Waals surface area contributed by atoms with Gasteiger partial charge in [-0.1, -0.05) is 6.92 Å². The van der Waals surface area contributed by atoms with Crippen molar-refractivity contribution in [1.82, 2.24) is 25.1 Å². The topological polar surface area (TPSA) is 90.2 Å². The van der Waals surface area contributed by atoms with E-state index in [1.165, 1.54) is 15.9 Å². The van der Waals surface area contributed by atoms with Gasteiger partial charge in [-0.15, -0.1) is 5.10 Å². The van der Waals surface area contributed by atoms with Crippen molar-refractivity contribution in [3.63, 3.8) is 0 Å². The number of aromatic nitrogens is 4. The highest BCUT2D eigenvalue weighted by molar-refractivity contribution is 5.81. The molecule has 0 atom stereocenters. The summed E-state index contributed by atoms with van der Waals surface area (Å²) in [6, 6.07) is 0. The number of carbonyl (C=O) groups is 2. The van der Waals surface area contributed by atoms with Gasteiger partial charge in [-0.05, 0) is 23.8 Å². The summed E-state index contributed by atoms with van der Waals surface area (Å²) < 4.78 is 6.14. The maximum absolute atomic E-state index is 11.9. The molecule has 1 amide bonds. The molecule has 0 unspecified atom stereocenters. The summed E-state index contributed by atoms with van der Waals surface area (Å²) in [5, 5.41) is 10.5. The van der Waals surface area contributed by atoms with Crippen LogP contribution in [0.1, 0.15) is 20.3 Å². The summed E-state index contributed by atoms with van der Waals surface area (Å²) in [4.78, 5) is 24.8. The van der Waals surface area contributed by atoms with E-state index in [-0.39, 0.29) is 19.0 Å². The second kappa shape index (κ2) is 7.36. The Kier molecular flexibility index (Phi) is 5.75. The fourth-order valence-corrected chi connectivity index (χ4v) is 1.42. The van der Waals surface area contributed by atoms with Gasteiger partial charge in [0, 0.05) is 6.54 Å². The summed E-state index contributed by atoms with van der Waals surface area (Å²) in [5.41, 5.74) is 0. The molecule has 0 aromatic carbocycles. The third kappa shape index (κ3) is 4.48. The van der Waals surface area contributed by atoms with Crippen molar-refractivity contribution in [2.75, 3.05) is 19.7 Å². The largest absolute Gasteiger partial charge is 0.465 e. The van der Waals surface area contributed by atoms with E-state index in [2.05, 4.69) is 15.5 Å². The van der Waals surface area contributed by atoms with Crippen molar-refractivity contribution < 1.29 is 14.3 Å². The van der Waals surface area contributed by atoms with Crippen molar-refractivity contribution in [1.29, 1.82) is 0 Å². The summed E-state index contributed by atoms with van der Waals surface area (Å²) >= 11 is 0. The molecule has 0 bridgehead atoms. The molecule has 0 aliphatic heterocycles. The molecule has 0 saturated carbocycles. The van der Waals surface area contributed by atoms with Crippen LogP contribution in [0.25, 0.3) is 0 Å². The first-order valence-electron chi connectivity index (χ1n) is 5.81. The lowest BCUT2D eigenvalue weighted by Gasteiger charge is -2.20. The van der Waals surface area contributed by atoms with Gasteiger partial charge in [0.15, 0.2) is 0 Å². The number of rotatable bonds is 7. The third-order valence-corrected chi connectivity index (χ3v) is 2.16. The van der Waals surface area contributed by atoms with Crippen LogP contribution in [-0.4, -0.2) is 56.7 Å². The van der Waals surface area contributed by atoms with E-state index in [9.17, 15) is 9.59 Å². The molecule has 0 fully saturated rings. The predicted octanol–water partition coefficient (Wildman–Crippen LogP) is -0.525. The summed E-state index contributed by atoms with van der Waals surface area (Å²) in [7, 11) is 0. The molecule has 8 nitrogen and oxygen atoms in total. The molecule has 1 aromatic heterocycles. The minimum absolute atomic E-state index is 0.0202. The van der Waals surface area contributed by atoms with E-state index >= 15 is 0 Å². The maximum Gasteiger partial charge on any atom is 0.325 e. The fourth-order valence-electron chi connectivity index (χ4n) is 1.42. The van der Waals surface area contributed by atoms with Gasteiger partial charge in [-0.3, -0.25) is 9.59 Å². The summed E-state index contributed by atoms with van der Waals surface area (Å²) in [6.45, 7) is 4.45. The quantitative estimate of drug-likeness (QED) is 0.609. The molecule has 0 radical (unpaired) electrons. The minimum atomic E-state index is -0.406. The second-order valence-corrected chi connectivity index (χ2v) is 3.63. The van der Waals surface area contributed by atoms with Gasteiger partial charge in [-0.2, -0.15) is 0 Å². The minimum Gasteiger partial charge on any atom is -0.465 e. The number of esters is 1. The summed E-state index contributed by atoms with van der Waals surface area (Å²) in [6.07, 6.45) is 2.12. The van der Waals surface area contributed by atoms with Crippen LogP contribution in [0.15, 0.2) is 6.33 Å². The van der Waals surface area contributed by atoms with Crippen LogP contribution in [-0.2, 0) is 20.9 Å². The maximum atomic E-state index is 11.9. The standard InChI is InChI=1S/C10H17N5O3/c1-3-5-14(7-10(17)18-4-2)9(16)6-15-8-11-12-13-15/h8H,3-7H2,1-2H3. The Morgan fingerprint density at radius 3 is 2.72 bits per heavy atom. The number of nitrogens with zero attached hydrogens (tertiary/aromatic N) is 5. The predicted molar refractivity (Wildman–Crippen MR) is 61.3 cm³/mol. The van der Waals surface area contributed by atoms with Crippen molar-refractivity contribution >= 4 is 11.9 Å². The van der Waals surface area contributed by atoms with Gasteiger partial charge >= 0.3 is 5.97 Å². The van der Waals surface area contributed by atoms with Gasteiger partial charge in [0.1, 0.15) is 19.4 Å². The Hall–Kier alpha value is -1.99. The van der Waals surface area contributed by atoms with E-state index < -0.39 is 5.97 Å². The van der Waals surface area contributed by atoms with E-state index in [1.807, 2.05) is 6.92 Å². The number of hydrogen-bond donors (Lipinski definition) is 0. The normalized spacial score (nSPS) is 10.1. The first kappa shape index (κ1) is 14.1. The lowest BCUT2D eigenvalue weighted by atomic mass is 10.3. The SMILES string of the molecule is CCCN(CC(=O)OCC)C(=O)Cn1cnnn1. The smallest absolute Gasteiger partial charge is 0.325 e. The van der Waals surface area contributed by atoms with Gasteiger partial charge < -0.3 is 9.64 Å². The average Bonchev–Trinajstić information content (AvgIpc) is 2.81. The molecule has 0 N–H and O–H groups in total. The summed E-state index contributed by atoms with van der Waals surface area (Å²) in [5.74, 6) is -0.617. The molecule has 1 heterocycles. The van der Waals surface area contributed by atoms with Gasteiger partial charge in [0.2, 0.25) is 5.91 Å². The molecular formula is C10H17N5O3. The van der Waals surface area contributed by atoms with E-state index in [4.69, 9.17) is 4.74 Å². The van der Waals surface area contributed by atoms with Crippen LogP contribution in [0.2, 0.25) is 0 Å². The highest BCUT2D eigenvalue weighted by Gasteiger charge is 2.17. The molecule has 18 heavy (non-hydrogen) atoms. The molecule has 1 rings (SSSR count). The Morgan fingerprint density at radius 1 is 1.39 bits per heavy atom. The van der Waals surface area contributed by atoms with Crippen LogP contribution >= 0.6 is 0 Å². The van der Waals surface area contributed by atoms with Crippen molar-refractivity contribution in [3.05, 3.63) is 6.33 Å². The monoisotopic (exact) mass is 255 g/mol. The fraction of sp³-hybridized carbons (Fsp3) is 0.700. The average molecular weight is 255 g/mol. The number of tetrazole rings is 1. The number of carbonyl (C=O) groups excluding carboxylic acids is 2. The van der Waals surface area contributed by atoms with Crippen LogP contribution < -0.4 is 0 Å². The van der Waals surface area contributed by atoms with Gasteiger partial charge in [-0.25, -0.2) is 4.68 Å². The third-order valence-electron chi connectivity index (χ3n) is 2.16. The van der Waals surface area contributed by atoms with E-state index in [0.717, 1.165) is 6.42 Å². The van der Waals surface area contributed by atoms with E-state index in [0.29, 0.717) is 13.2 Å². The highest BCUT2D eigenvalue weighted by atomic mass is 16.5. The molecule has 0 aliphatic rings. The lowest BCUT2D eigenvalue weighted by Crippen LogP contribution is -2.39. The lowest BCUT2D eigenvalue weighted by molar-refractivity contribution is -0.149. The van der Waals surface area contributed by atoms with Gasteiger partial charge in [0.05, 0.1) is 6.61 Å². The zero-order chi connectivity index (χ0) is 13.4. The van der Waals surface area contributed by atoms with Crippen LogP contribution in [0.5, 0.6) is 0 Å². The Balaban J connectivity index is 2.54. The number of ether oxygens (including phenoxy) is 1. The van der Waals surface area contributed by atoms with Crippen molar-refractivity contribution in [2.45, 2.75) is 26.8 Å². The molecule has 100 valence electrons. The van der Waals surface area contributed by atoms with Crippen molar-refractivity contribution in [3.8, 4) is 0 Å². The Morgan fingerprint density at radius 2 is 2.17 bits per heavy atom. The number of amides is 1. The molecule has 0 spiro atoms. The van der Waals surface area contributed by atoms with E-state index in [1.54, 1.807) is 6.92 Å². The van der Waals surface area contributed by atoms with Crippen LogP contribution in [0, 0.1) is 0 Å². The van der Waals surface area contributed by atoms with Gasteiger partial charge in [0.25, 0.3) is 0 Å². The van der Waals surface area contributed by atoms with Crippen molar-refractivity contribution in [2.24, 2.45) is 0 Å².